The predicted molar refractivity (Wildman–Crippen MR) is 123 cm³/mol. The van der Waals surface area contributed by atoms with E-state index in [4.69, 9.17) is 21.1 Å². The van der Waals surface area contributed by atoms with Crippen molar-refractivity contribution < 1.29 is 27.5 Å². The van der Waals surface area contributed by atoms with Crippen molar-refractivity contribution in [2.45, 2.75) is 31.3 Å². The molecule has 1 heterocycles. The highest BCUT2D eigenvalue weighted by molar-refractivity contribution is 7.89. The molecule has 1 saturated heterocycles. The Balaban J connectivity index is 1.70. The Morgan fingerprint density at radius 1 is 1.12 bits per heavy atom. The number of nitrogens with zero attached hydrogens (tertiary/aromatic N) is 2. The summed E-state index contributed by atoms with van der Waals surface area (Å²) in [5, 5.41) is 0.0402. The second-order valence-corrected chi connectivity index (χ2v) is 10.2. The molecule has 0 radical (unpaired) electrons. The number of rotatable bonds is 8. The summed E-state index contributed by atoms with van der Waals surface area (Å²) in [6, 6.07) is 13.2. The Labute approximate surface area is 199 Å². The van der Waals surface area contributed by atoms with Gasteiger partial charge in [-0.05, 0) is 37.6 Å². The third-order valence-corrected chi connectivity index (χ3v) is 7.46. The summed E-state index contributed by atoms with van der Waals surface area (Å²) < 4.78 is 37.5. The fourth-order valence-corrected chi connectivity index (χ4v) is 5.01. The number of ether oxygens (including phenoxy) is 2. The zero-order valence-corrected chi connectivity index (χ0v) is 20.1. The Bertz CT molecular complexity index is 1090. The molecule has 1 amide bonds. The van der Waals surface area contributed by atoms with Crippen LogP contribution in [0.15, 0.2) is 53.4 Å². The number of carbonyl (C=O) groups excluding carboxylic acids is 2. The molecule has 0 saturated carbocycles. The number of esters is 1. The number of amides is 1. The van der Waals surface area contributed by atoms with E-state index < -0.39 is 22.6 Å². The topological polar surface area (TPSA) is 93.2 Å². The van der Waals surface area contributed by atoms with Crippen molar-refractivity contribution in [1.82, 2.24) is 9.21 Å². The van der Waals surface area contributed by atoms with E-state index in [2.05, 4.69) is 0 Å². The molecule has 0 atom stereocenters. The molecule has 1 fully saturated rings. The Morgan fingerprint density at radius 2 is 1.79 bits per heavy atom. The van der Waals surface area contributed by atoms with Crippen LogP contribution in [0.5, 0.6) is 0 Å². The average molecular weight is 495 g/mol. The van der Waals surface area contributed by atoms with Crippen LogP contribution in [0.25, 0.3) is 0 Å². The van der Waals surface area contributed by atoms with Gasteiger partial charge in [-0.15, -0.1) is 0 Å². The molecule has 178 valence electrons. The van der Waals surface area contributed by atoms with E-state index in [9.17, 15) is 18.0 Å². The van der Waals surface area contributed by atoms with Gasteiger partial charge in [-0.2, -0.15) is 4.31 Å². The first-order valence-corrected chi connectivity index (χ1v) is 12.4. The van der Waals surface area contributed by atoms with Crippen LogP contribution in [0.2, 0.25) is 5.02 Å². The van der Waals surface area contributed by atoms with Crippen molar-refractivity contribution in [3.05, 3.63) is 64.7 Å². The number of halogens is 1. The van der Waals surface area contributed by atoms with Crippen LogP contribution >= 0.6 is 11.6 Å². The van der Waals surface area contributed by atoms with Gasteiger partial charge < -0.3 is 14.4 Å². The van der Waals surface area contributed by atoms with Crippen LogP contribution in [-0.4, -0.2) is 68.5 Å². The fourth-order valence-electron chi connectivity index (χ4n) is 3.38. The SMILES string of the molecule is CC(C)N(Cc1ccccc1)C(=O)COC(=O)c1cc(S(=O)(=O)N2CCOCC2)ccc1Cl. The number of sulfonamides is 1. The van der Waals surface area contributed by atoms with Gasteiger partial charge in [0, 0.05) is 25.7 Å². The first-order chi connectivity index (χ1) is 15.7. The molecule has 0 spiro atoms. The lowest BCUT2D eigenvalue weighted by Crippen LogP contribution is -2.40. The second-order valence-electron chi connectivity index (χ2n) is 7.84. The van der Waals surface area contributed by atoms with E-state index in [-0.39, 0.29) is 40.5 Å². The maximum atomic E-state index is 12.9. The van der Waals surface area contributed by atoms with Crippen LogP contribution in [0, 0.1) is 0 Å². The molecular weight excluding hydrogens is 468 g/mol. The van der Waals surface area contributed by atoms with Crippen LogP contribution in [-0.2, 0) is 30.8 Å². The van der Waals surface area contributed by atoms with Gasteiger partial charge in [-0.25, -0.2) is 13.2 Å². The van der Waals surface area contributed by atoms with Gasteiger partial charge in [-0.3, -0.25) is 4.79 Å². The van der Waals surface area contributed by atoms with Crippen LogP contribution < -0.4 is 0 Å². The van der Waals surface area contributed by atoms with E-state index in [0.29, 0.717) is 19.8 Å². The first kappa shape index (κ1) is 25.2. The van der Waals surface area contributed by atoms with Gasteiger partial charge in [-0.1, -0.05) is 41.9 Å². The molecule has 2 aromatic rings. The number of carbonyl (C=O) groups is 2. The van der Waals surface area contributed by atoms with Crippen molar-refractivity contribution in [1.29, 1.82) is 0 Å². The summed E-state index contributed by atoms with van der Waals surface area (Å²) >= 11 is 6.14. The average Bonchev–Trinajstić information content (AvgIpc) is 2.82. The van der Waals surface area contributed by atoms with Crippen molar-refractivity contribution in [3.8, 4) is 0 Å². The third kappa shape index (κ3) is 6.32. The molecule has 2 aromatic carbocycles. The minimum Gasteiger partial charge on any atom is -0.452 e. The maximum absolute atomic E-state index is 12.9. The molecule has 0 bridgehead atoms. The minimum atomic E-state index is -3.81. The smallest absolute Gasteiger partial charge is 0.340 e. The standard InChI is InChI=1S/C23H27ClN2O6S/c1-17(2)26(15-18-6-4-3-5-7-18)22(27)16-32-23(28)20-14-19(8-9-21(20)24)33(29,30)25-10-12-31-13-11-25/h3-9,14,17H,10-13,15-16H2,1-2H3. The van der Waals surface area contributed by atoms with E-state index in [1.54, 1.807) is 4.90 Å². The largest absolute Gasteiger partial charge is 0.452 e. The van der Waals surface area contributed by atoms with E-state index in [1.807, 2.05) is 44.2 Å². The van der Waals surface area contributed by atoms with E-state index in [1.165, 1.54) is 22.5 Å². The molecule has 1 aliphatic heterocycles. The summed E-state index contributed by atoms with van der Waals surface area (Å²) in [5.41, 5.74) is 0.841. The van der Waals surface area contributed by atoms with Gasteiger partial charge in [0.25, 0.3) is 5.91 Å². The molecule has 0 N–H and O–H groups in total. The summed E-state index contributed by atoms with van der Waals surface area (Å²) in [4.78, 5) is 26.9. The summed E-state index contributed by atoms with van der Waals surface area (Å²) in [5.74, 6) is -1.23. The van der Waals surface area contributed by atoms with Crippen LogP contribution in [0.3, 0.4) is 0 Å². The molecule has 8 nitrogen and oxygen atoms in total. The molecule has 33 heavy (non-hydrogen) atoms. The number of hydrogen-bond acceptors (Lipinski definition) is 6. The second kappa shape index (κ2) is 11.1. The van der Waals surface area contributed by atoms with Crippen molar-refractivity contribution >= 4 is 33.5 Å². The Hall–Kier alpha value is -2.46. The summed E-state index contributed by atoms with van der Waals surface area (Å²) in [7, 11) is -3.81. The van der Waals surface area contributed by atoms with Gasteiger partial charge >= 0.3 is 5.97 Å². The lowest BCUT2D eigenvalue weighted by molar-refractivity contribution is -0.136. The number of hydrogen-bond donors (Lipinski definition) is 0. The number of benzene rings is 2. The summed E-state index contributed by atoms with van der Waals surface area (Å²) in [6.45, 7) is 4.71. The van der Waals surface area contributed by atoms with Crippen LogP contribution in [0.1, 0.15) is 29.8 Å². The molecule has 0 aliphatic carbocycles. The maximum Gasteiger partial charge on any atom is 0.340 e. The normalized spacial score (nSPS) is 14.8. The molecule has 10 heteroatoms. The monoisotopic (exact) mass is 494 g/mol. The Kier molecular flexibility index (Phi) is 8.47. The van der Waals surface area contributed by atoms with Gasteiger partial charge in [0.15, 0.2) is 6.61 Å². The minimum absolute atomic E-state index is 0.0402. The highest BCUT2D eigenvalue weighted by Crippen LogP contribution is 2.24. The fraction of sp³-hybridized carbons (Fsp3) is 0.391. The molecule has 3 rings (SSSR count). The lowest BCUT2D eigenvalue weighted by Gasteiger charge is -2.27. The lowest BCUT2D eigenvalue weighted by atomic mass is 10.2. The van der Waals surface area contributed by atoms with Gasteiger partial charge in [0.1, 0.15) is 0 Å². The van der Waals surface area contributed by atoms with Crippen molar-refractivity contribution in [3.63, 3.8) is 0 Å². The quantitative estimate of drug-likeness (QED) is 0.524. The molecule has 0 unspecified atom stereocenters. The first-order valence-electron chi connectivity index (χ1n) is 10.6. The molecular formula is C23H27ClN2O6S. The molecule has 1 aliphatic rings. The Morgan fingerprint density at radius 3 is 2.42 bits per heavy atom. The van der Waals surface area contributed by atoms with E-state index in [0.717, 1.165) is 5.56 Å². The van der Waals surface area contributed by atoms with Gasteiger partial charge in [0.2, 0.25) is 10.0 Å². The third-order valence-electron chi connectivity index (χ3n) is 5.23. The van der Waals surface area contributed by atoms with Crippen molar-refractivity contribution in [2.75, 3.05) is 32.9 Å². The number of morpholine rings is 1. The highest BCUT2D eigenvalue weighted by Gasteiger charge is 2.28. The highest BCUT2D eigenvalue weighted by atomic mass is 35.5. The van der Waals surface area contributed by atoms with Gasteiger partial charge in [0.05, 0.1) is 28.7 Å². The summed E-state index contributed by atoms with van der Waals surface area (Å²) in [6.07, 6.45) is 0. The van der Waals surface area contributed by atoms with Crippen molar-refractivity contribution in [2.24, 2.45) is 0 Å². The zero-order chi connectivity index (χ0) is 24.0. The predicted octanol–water partition coefficient (Wildman–Crippen LogP) is 2.95. The molecule has 0 aromatic heterocycles. The van der Waals surface area contributed by atoms with Crippen LogP contribution in [0.4, 0.5) is 0 Å². The zero-order valence-electron chi connectivity index (χ0n) is 18.6. The van der Waals surface area contributed by atoms with E-state index >= 15 is 0 Å².